The second-order valence-corrected chi connectivity index (χ2v) is 8.59. The van der Waals surface area contributed by atoms with Crippen LogP contribution in [0.3, 0.4) is 0 Å². The van der Waals surface area contributed by atoms with Crippen LogP contribution in [0.25, 0.3) is 0 Å². The quantitative estimate of drug-likeness (QED) is 0.710. The zero-order valence-electron chi connectivity index (χ0n) is 16.2. The predicted octanol–water partition coefficient (Wildman–Crippen LogP) is 3.09. The van der Waals surface area contributed by atoms with Gasteiger partial charge < -0.3 is 0 Å². The first-order chi connectivity index (χ1) is 13.9. The highest BCUT2D eigenvalue weighted by Gasteiger charge is 2.32. The first-order valence-corrected chi connectivity index (χ1v) is 11.2. The Morgan fingerprint density at radius 1 is 1.17 bits per heavy atom. The summed E-state index contributed by atoms with van der Waals surface area (Å²) in [6, 6.07) is 15.8. The van der Waals surface area contributed by atoms with Gasteiger partial charge in [-0.15, -0.1) is 0 Å². The lowest BCUT2D eigenvalue weighted by molar-refractivity contribution is 0.433. The van der Waals surface area contributed by atoms with E-state index in [2.05, 4.69) is 9.82 Å². The van der Waals surface area contributed by atoms with Gasteiger partial charge in [-0.1, -0.05) is 56.3 Å². The van der Waals surface area contributed by atoms with E-state index in [1.54, 1.807) is 26.0 Å². The van der Waals surface area contributed by atoms with Crippen molar-refractivity contribution in [1.82, 2.24) is 14.0 Å². The Kier molecular flexibility index (Phi) is 6.61. The predicted molar refractivity (Wildman–Crippen MR) is 116 cm³/mol. The summed E-state index contributed by atoms with van der Waals surface area (Å²) >= 11 is 5.35. The van der Waals surface area contributed by atoms with Gasteiger partial charge in [0.25, 0.3) is 0 Å². The standard InChI is InChI=1S/C20H23FN4O2S2/c1-3-24(4-2)29(26,27)23-20(28)25-14-18(15-8-6-5-7-9-15)19(22-25)16-10-12-17(21)13-11-16/h5-13,18H,3-4,14H2,1-2H3,(H,23,28). The fourth-order valence-electron chi connectivity index (χ4n) is 3.25. The summed E-state index contributed by atoms with van der Waals surface area (Å²) in [5.41, 5.74) is 2.49. The van der Waals surface area contributed by atoms with Crippen LogP contribution in [0.1, 0.15) is 30.9 Å². The van der Waals surface area contributed by atoms with Crippen molar-refractivity contribution in [1.29, 1.82) is 0 Å². The molecule has 0 bridgehead atoms. The molecule has 3 rings (SSSR count). The summed E-state index contributed by atoms with van der Waals surface area (Å²) in [7, 11) is -3.75. The maximum Gasteiger partial charge on any atom is 0.303 e. The van der Waals surface area contributed by atoms with Gasteiger partial charge in [0.15, 0.2) is 0 Å². The minimum Gasteiger partial charge on any atom is -0.245 e. The zero-order valence-corrected chi connectivity index (χ0v) is 17.9. The maximum atomic E-state index is 13.4. The number of nitrogens with one attached hydrogen (secondary N) is 1. The number of benzene rings is 2. The smallest absolute Gasteiger partial charge is 0.245 e. The number of hydrogen-bond donors (Lipinski definition) is 1. The van der Waals surface area contributed by atoms with Crippen molar-refractivity contribution >= 4 is 33.3 Å². The second kappa shape index (κ2) is 8.98. The third-order valence-electron chi connectivity index (χ3n) is 4.75. The maximum absolute atomic E-state index is 13.4. The van der Waals surface area contributed by atoms with E-state index >= 15 is 0 Å². The van der Waals surface area contributed by atoms with Gasteiger partial charge in [0.05, 0.1) is 12.3 Å². The van der Waals surface area contributed by atoms with Crippen molar-refractivity contribution in [2.75, 3.05) is 19.6 Å². The van der Waals surface area contributed by atoms with Gasteiger partial charge in [-0.2, -0.15) is 17.8 Å². The summed E-state index contributed by atoms with van der Waals surface area (Å²) in [5, 5.41) is 6.07. The number of hydrazone groups is 1. The van der Waals surface area contributed by atoms with E-state index in [0.717, 1.165) is 11.1 Å². The van der Waals surface area contributed by atoms with Gasteiger partial charge >= 0.3 is 10.2 Å². The largest absolute Gasteiger partial charge is 0.303 e. The molecule has 1 aliphatic heterocycles. The molecule has 1 unspecified atom stereocenters. The average Bonchev–Trinajstić information content (AvgIpc) is 3.15. The molecule has 0 fully saturated rings. The SMILES string of the molecule is CCN(CC)S(=O)(=O)NC(=S)N1CC(c2ccccc2)C(c2ccc(F)cc2)=N1. The molecule has 2 aromatic rings. The minimum absolute atomic E-state index is 0.00921. The summed E-state index contributed by atoms with van der Waals surface area (Å²) in [5.74, 6) is -0.458. The van der Waals surface area contributed by atoms with Crippen molar-refractivity contribution in [3.05, 3.63) is 71.5 Å². The lowest BCUT2D eigenvalue weighted by atomic mass is 9.91. The molecule has 154 valence electrons. The van der Waals surface area contributed by atoms with E-state index in [0.29, 0.717) is 25.3 Å². The highest BCUT2D eigenvalue weighted by atomic mass is 32.2. The molecule has 2 aromatic carbocycles. The van der Waals surface area contributed by atoms with Crippen molar-refractivity contribution in [2.45, 2.75) is 19.8 Å². The fraction of sp³-hybridized carbons (Fsp3) is 0.300. The van der Waals surface area contributed by atoms with Crippen molar-refractivity contribution in [2.24, 2.45) is 5.10 Å². The molecule has 0 aliphatic carbocycles. The molecule has 0 saturated carbocycles. The Balaban J connectivity index is 1.90. The molecule has 1 atom stereocenters. The highest BCUT2D eigenvalue weighted by Crippen LogP contribution is 2.29. The Labute approximate surface area is 176 Å². The number of halogens is 1. The number of hydrogen-bond acceptors (Lipinski definition) is 4. The van der Waals surface area contributed by atoms with E-state index < -0.39 is 10.2 Å². The lowest BCUT2D eigenvalue weighted by Gasteiger charge is -2.23. The van der Waals surface area contributed by atoms with Gasteiger partial charge in [-0.25, -0.2) is 14.1 Å². The molecule has 0 saturated heterocycles. The summed E-state index contributed by atoms with van der Waals surface area (Å²) in [6.07, 6.45) is 0. The second-order valence-electron chi connectivity index (χ2n) is 6.53. The first kappa shape index (κ1) is 21.4. The van der Waals surface area contributed by atoms with Crippen LogP contribution in [0.5, 0.6) is 0 Å². The first-order valence-electron chi connectivity index (χ1n) is 9.34. The molecule has 0 radical (unpaired) electrons. The highest BCUT2D eigenvalue weighted by molar-refractivity contribution is 7.89. The molecule has 0 spiro atoms. The number of thiocarbonyl (C=S) groups is 1. The monoisotopic (exact) mass is 434 g/mol. The van der Waals surface area contributed by atoms with E-state index in [-0.39, 0.29) is 16.8 Å². The normalized spacial score (nSPS) is 16.8. The van der Waals surface area contributed by atoms with Crippen LogP contribution >= 0.6 is 12.2 Å². The third-order valence-corrected chi connectivity index (χ3v) is 6.84. The molecular formula is C20H23FN4O2S2. The fourth-order valence-corrected chi connectivity index (χ4v) is 4.81. The Bertz CT molecular complexity index is 991. The van der Waals surface area contributed by atoms with Crippen LogP contribution in [-0.2, 0) is 10.2 Å². The minimum atomic E-state index is -3.75. The van der Waals surface area contributed by atoms with Gasteiger partial charge in [-0.05, 0) is 35.5 Å². The van der Waals surface area contributed by atoms with E-state index in [1.165, 1.54) is 21.4 Å². The van der Waals surface area contributed by atoms with E-state index in [1.807, 2.05) is 30.3 Å². The molecule has 1 heterocycles. The van der Waals surface area contributed by atoms with Gasteiger partial charge in [0, 0.05) is 19.0 Å². The summed E-state index contributed by atoms with van der Waals surface area (Å²) < 4.78 is 42.1. The molecule has 0 aromatic heterocycles. The molecule has 0 amide bonds. The Hall–Kier alpha value is -2.36. The average molecular weight is 435 g/mol. The van der Waals surface area contributed by atoms with Crippen molar-refractivity contribution < 1.29 is 12.8 Å². The van der Waals surface area contributed by atoms with Crippen LogP contribution in [0.15, 0.2) is 59.7 Å². The summed E-state index contributed by atoms with van der Waals surface area (Å²) in [6.45, 7) is 4.59. The number of nitrogens with zero attached hydrogens (tertiary/aromatic N) is 3. The topological polar surface area (TPSA) is 65.0 Å². The van der Waals surface area contributed by atoms with Crippen LogP contribution in [0.4, 0.5) is 4.39 Å². The Morgan fingerprint density at radius 3 is 2.38 bits per heavy atom. The van der Waals surface area contributed by atoms with Gasteiger partial charge in [-0.3, -0.25) is 0 Å². The zero-order chi connectivity index (χ0) is 21.0. The Morgan fingerprint density at radius 2 is 1.79 bits per heavy atom. The molecule has 6 nitrogen and oxygen atoms in total. The van der Waals surface area contributed by atoms with Gasteiger partial charge in [0.2, 0.25) is 5.11 Å². The lowest BCUT2D eigenvalue weighted by Crippen LogP contribution is -2.47. The summed E-state index contributed by atoms with van der Waals surface area (Å²) in [4.78, 5) is 0. The van der Waals surface area contributed by atoms with Crippen LogP contribution in [-0.4, -0.2) is 48.2 Å². The van der Waals surface area contributed by atoms with E-state index in [4.69, 9.17) is 12.2 Å². The van der Waals surface area contributed by atoms with Crippen LogP contribution < -0.4 is 4.72 Å². The van der Waals surface area contributed by atoms with Crippen molar-refractivity contribution in [3.63, 3.8) is 0 Å². The van der Waals surface area contributed by atoms with Crippen LogP contribution in [0.2, 0.25) is 0 Å². The number of rotatable bonds is 6. The third kappa shape index (κ3) is 4.80. The molecule has 29 heavy (non-hydrogen) atoms. The molecular weight excluding hydrogens is 411 g/mol. The molecule has 1 N–H and O–H groups in total. The van der Waals surface area contributed by atoms with Crippen molar-refractivity contribution in [3.8, 4) is 0 Å². The molecule has 9 heteroatoms. The van der Waals surface area contributed by atoms with Crippen LogP contribution in [0, 0.1) is 5.82 Å². The van der Waals surface area contributed by atoms with E-state index in [9.17, 15) is 12.8 Å². The molecule has 1 aliphatic rings. The van der Waals surface area contributed by atoms with Gasteiger partial charge in [0.1, 0.15) is 5.82 Å².